The van der Waals surface area contributed by atoms with Crippen molar-refractivity contribution in [2.75, 3.05) is 0 Å². The Bertz CT molecular complexity index is 544. The van der Waals surface area contributed by atoms with Crippen LogP contribution in [0, 0.1) is 0 Å². The van der Waals surface area contributed by atoms with Gasteiger partial charge in [0.1, 0.15) is 6.04 Å². The fraction of sp³-hybridized carbons (Fsp3) is 0.375. The molecule has 0 aromatic heterocycles. The van der Waals surface area contributed by atoms with E-state index in [4.69, 9.17) is 5.73 Å². The van der Waals surface area contributed by atoms with Crippen LogP contribution < -0.4 is 11.1 Å². The molecule has 0 saturated heterocycles. The number of primary amides is 1. The second kappa shape index (κ2) is 6.89. The molecule has 1 rings (SSSR count). The Morgan fingerprint density at radius 3 is 2.19 bits per heavy atom. The first-order valence-electron chi connectivity index (χ1n) is 6.65. The third kappa shape index (κ3) is 5.34. The Morgan fingerprint density at radius 2 is 1.81 bits per heavy atom. The highest BCUT2D eigenvalue weighted by Gasteiger charge is 2.20. The van der Waals surface area contributed by atoms with E-state index in [0.29, 0.717) is 10.0 Å². The predicted octanol–water partition coefficient (Wildman–Crippen LogP) is 2.87. The number of nitrogens with one attached hydrogen (secondary N) is 1. The molecular weight excluding hydrogens is 332 g/mol. The Hall–Kier alpha value is -1.62. The lowest BCUT2D eigenvalue weighted by atomic mass is 9.86. The molecule has 3 N–H and O–H groups in total. The van der Waals surface area contributed by atoms with Gasteiger partial charge in [-0.1, -0.05) is 55.4 Å². The summed E-state index contributed by atoms with van der Waals surface area (Å²) in [6, 6.07) is 6.55. The SMILES string of the molecule is C=C(Br)C[C@H](NC(=O)c1ccc(C(C)(C)C)cc1)C(N)=O. The van der Waals surface area contributed by atoms with Crippen molar-refractivity contribution in [3.05, 3.63) is 46.5 Å². The normalized spacial score (nSPS) is 12.6. The fourth-order valence-electron chi connectivity index (χ4n) is 1.81. The maximum atomic E-state index is 12.1. The largest absolute Gasteiger partial charge is 0.368 e. The van der Waals surface area contributed by atoms with Crippen molar-refractivity contribution in [1.82, 2.24) is 5.32 Å². The van der Waals surface area contributed by atoms with Gasteiger partial charge in [-0.05, 0) is 27.6 Å². The van der Waals surface area contributed by atoms with Gasteiger partial charge in [-0.3, -0.25) is 9.59 Å². The first-order chi connectivity index (χ1) is 9.61. The maximum absolute atomic E-state index is 12.1. The molecule has 0 aliphatic carbocycles. The highest BCUT2D eigenvalue weighted by atomic mass is 79.9. The summed E-state index contributed by atoms with van der Waals surface area (Å²) in [5.74, 6) is -0.914. The molecule has 1 atom stereocenters. The molecule has 114 valence electrons. The molecule has 0 spiro atoms. The number of rotatable bonds is 5. The molecule has 0 aliphatic heterocycles. The van der Waals surface area contributed by atoms with Gasteiger partial charge < -0.3 is 11.1 Å². The molecule has 0 fully saturated rings. The van der Waals surface area contributed by atoms with Crippen molar-refractivity contribution in [1.29, 1.82) is 0 Å². The van der Waals surface area contributed by atoms with E-state index < -0.39 is 11.9 Å². The van der Waals surface area contributed by atoms with Gasteiger partial charge in [0, 0.05) is 12.0 Å². The minimum atomic E-state index is -0.772. The molecule has 0 bridgehead atoms. The first-order valence-corrected chi connectivity index (χ1v) is 7.44. The number of hydrogen-bond donors (Lipinski definition) is 2. The van der Waals surface area contributed by atoms with E-state index in [9.17, 15) is 9.59 Å². The van der Waals surface area contributed by atoms with Crippen LogP contribution in [0.25, 0.3) is 0 Å². The van der Waals surface area contributed by atoms with Crippen molar-refractivity contribution >= 4 is 27.7 Å². The Balaban J connectivity index is 2.83. The Morgan fingerprint density at radius 1 is 1.29 bits per heavy atom. The van der Waals surface area contributed by atoms with Gasteiger partial charge in [0.05, 0.1) is 0 Å². The molecule has 0 radical (unpaired) electrons. The second-order valence-electron chi connectivity index (χ2n) is 5.98. The number of nitrogens with two attached hydrogens (primary N) is 1. The zero-order valence-corrected chi connectivity index (χ0v) is 14.2. The van der Waals surface area contributed by atoms with Crippen molar-refractivity contribution in [3.8, 4) is 0 Å². The molecular formula is C16H21BrN2O2. The van der Waals surface area contributed by atoms with Crippen molar-refractivity contribution < 1.29 is 9.59 Å². The smallest absolute Gasteiger partial charge is 0.251 e. The van der Waals surface area contributed by atoms with Crippen molar-refractivity contribution in [2.45, 2.75) is 38.6 Å². The van der Waals surface area contributed by atoms with E-state index in [1.54, 1.807) is 12.1 Å². The number of hydrogen-bond acceptors (Lipinski definition) is 2. The van der Waals surface area contributed by atoms with Gasteiger partial charge in [-0.15, -0.1) is 0 Å². The minimum Gasteiger partial charge on any atom is -0.368 e. The Kier molecular flexibility index (Phi) is 5.72. The quantitative estimate of drug-likeness (QED) is 0.854. The van der Waals surface area contributed by atoms with Crippen molar-refractivity contribution in [3.63, 3.8) is 0 Å². The summed E-state index contributed by atoms with van der Waals surface area (Å²) in [6.07, 6.45) is 0.265. The number of carbonyl (C=O) groups is 2. The molecule has 0 saturated carbocycles. The van der Waals surface area contributed by atoms with Crippen LogP contribution in [0.3, 0.4) is 0 Å². The predicted molar refractivity (Wildman–Crippen MR) is 88.3 cm³/mol. The van der Waals surface area contributed by atoms with Crippen LogP contribution in [0.5, 0.6) is 0 Å². The van der Waals surface area contributed by atoms with Gasteiger partial charge >= 0.3 is 0 Å². The zero-order chi connectivity index (χ0) is 16.2. The van der Waals surface area contributed by atoms with Crippen LogP contribution in [0.2, 0.25) is 0 Å². The summed E-state index contributed by atoms with van der Waals surface area (Å²) in [5, 5.41) is 2.62. The van der Waals surface area contributed by atoms with Crippen LogP contribution in [-0.4, -0.2) is 17.9 Å². The van der Waals surface area contributed by atoms with Gasteiger partial charge in [0.2, 0.25) is 5.91 Å². The van der Waals surface area contributed by atoms with Crippen molar-refractivity contribution in [2.24, 2.45) is 5.73 Å². The summed E-state index contributed by atoms with van der Waals surface area (Å²) in [4.78, 5) is 23.5. The van der Waals surface area contributed by atoms with E-state index in [1.165, 1.54) is 0 Å². The van der Waals surface area contributed by atoms with Crippen LogP contribution in [-0.2, 0) is 10.2 Å². The molecule has 1 aromatic rings. The lowest BCUT2D eigenvalue weighted by Gasteiger charge is -2.19. The van der Waals surface area contributed by atoms with Gasteiger partial charge in [0.25, 0.3) is 5.91 Å². The van der Waals surface area contributed by atoms with E-state index in [2.05, 4.69) is 48.6 Å². The number of benzene rings is 1. The molecule has 21 heavy (non-hydrogen) atoms. The fourth-order valence-corrected chi connectivity index (χ4v) is 2.13. The lowest BCUT2D eigenvalue weighted by molar-refractivity contribution is -0.119. The maximum Gasteiger partial charge on any atom is 0.251 e. The number of halogens is 1. The van der Waals surface area contributed by atoms with E-state index in [1.807, 2.05) is 12.1 Å². The summed E-state index contributed by atoms with van der Waals surface area (Å²) in [6.45, 7) is 9.97. The third-order valence-corrected chi connectivity index (χ3v) is 3.41. The van der Waals surface area contributed by atoms with Crippen LogP contribution >= 0.6 is 15.9 Å². The molecule has 4 nitrogen and oxygen atoms in total. The van der Waals surface area contributed by atoms with Crippen LogP contribution in [0.15, 0.2) is 35.3 Å². The van der Waals surface area contributed by atoms with Crippen LogP contribution in [0.1, 0.15) is 43.1 Å². The average molecular weight is 353 g/mol. The molecule has 2 amide bonds. The highest BCUT2D eigenvalue weighted by molar-refractivity contribution is 9.11. The van der Waals surface area contributed by atoms with Gasteiger partial charge in [0.15, 0.2) is 0 Å². The minimum absolute atomic E-state index is 0.0263. The van der Waals surface area contributed by atoms with E-state index in [0.717, 1.165) is 5.56 Å². The zero-order valence-electron chi connectivity index (χ0n) is 12.6. The molecule has 0 unspecified atom stereocenters. The standard InChI is InChI=1S/C16H21BrN2O2/c1-10(17)9-13(14(18)20)19-15(21)11-5-7-12(8-6-11)16(2,3)4/h5-8,13H,1,9H2,2-4H3,(H2,18,20)(H,19,21)/t13-/m0/s1. The van der Waals surface area contributed by atoms with E-state index in [-0.39, 0.29) is 17.7 Å². The summed E-state index contributed by atoms with van der Waals surface area (Å²) in [7, 11) is 0. The lowest BCUT2D eigenvalue weighted by Crippen LogP contribution is -2.44. The highest BCUT2D eigenvalue weighted by Crippen LogP contribution is 2.22. The van der Waals surface area contributed by atoms with Gasteiger partial charge in [-0.2, -0.15) is 0 Å². The van der Waals surface area contributed by atoms with E-state index >= 15 is 0 Å². The molecule has 0 heterocycles. The molecule has 5 heteroatoms. The number of amides is 2. The average Bonchev–Trinajstić information content (AvgIpc) is 2.36. The van der Waals surface area contributed by atoms with Crippen LogP contribution in [0.4, 0.5) is 0 Å². The summed E-state index contributed by atoms with van der Waals surface area (Å²) >= 11 is 3.17. The second-order valence-corrected chi connectivity index (χ2v) is 7.10. The monoisotopic (exact) mass is 352 g/mol. The Labute approximate surface area is 133 Å². The summed E-state index contributed by atoms with van der Waals surface area (Å²) < 4.78 is 0.606. The first kappa shape index (κ1) is 17.4. The number of carbonyl (C=O) groups excluding carboxylic acids is 2. The molecule has 1 aromatic carbocycles. The third-order valence-electron chi connectivity index (χ3n) is 3.09. The topological polar surface area (TPSA) is 72.2 Å². The summed E-state index contributed by atoms with van der Waals surface area (Å²) in [5.41, 5.74) is 6.94. The van der Waals surface area contributed by atoms with Gasteiger partial charge in [-0.25, -0.2) is 0 Å². The molecule has 0 aliphatic rings.